The summed E-state index contributed by atoms with van der Waals surface area (Å²) in [7, 11) is 0.792. The topological polar surface area (TPSA) is 126 Å². The quantitative estimate of drug-likeness (QED) is 0.665. The molecule has 176 valence electrons. The minimum Gasteiger partial charge on any atom is -0.493 e. The molecule has 2 heterocycles. The molecule has 0 saturated carbocycles. The van der Waals surface area contributed by atoms with E-state index in [-0.39, 0.29) is 24.0 Å². The summed E-state index contributed by atoms with van der Waals surface area (Å²) in [6.45, 7) is 4.53. The maximum Gasteiger partial charge on any atom is 0.321 e. The van der Waals surface area contributed by atoms with Crippen molar-refractivity contribution in [2.75, 3.05) is 52.8 Å². The van der Waals surface area contributed by atoms with E-state index in [0.717, 1.165) is 0 Å². The number of ether oxygens (including phenoxy) is 3. The summed E-state index contributed by atoms with van der Waals surface area (Å²) in [5.41, 5.74) is 1.41. The molecule has 0 aliphatic carbocycles. The Balaban J connectivity index is 1.73. The maximum atomic E-state index is 13.1. The SMILES string of the molecule is COc1cc(NC(=O)N2CCCN(S(=O)(=O)c3c(C)n[nH]c3C)CC2)cc(OC)c1OC. The van der Waals surface area contributed by atoms with Crippen LogP contribution in [0.3, 0.4) is 0 Å². The first-order valence-corrected chi connectivity index (χ1v) is 11.5. The summed E-state index contributed by atoms with van der Waals surface area (Å²) in [5.74, 6) is 1.26. The third kappa shape index (κ3) is 4.60. The number of rotatable bonds is 6. The minimum absolute atomic E-state index is 0.190. The number of hydrogen-bond acceptors (Lipinski definition) is 7. The van der Waals surface area contributed by atoms with Crippen molar-refractivity contribution < 1.29 is 27.4 Å². The average Bonchev–Trinajstić information content (AvgIpc) is 2.96. The number of aromatic nitrogens is 2. The fourth-order valence-electron chi connectivity index (χ4n) is 3.74. The molecule has 2 N–H and O–H groups in total. The third-order valence-electron chi connectivity index (χ3n) is 5.32. The number of hydrogen-bond donors (Lipinski definition) is 2. The Kier molecular flexibility index (Phi) is 7.14. The molecule has 3 rings (SSSR count). The summed E-state index contributed by atoms with van der Waals surface area (Å²) < 4.78 is 43.6. The summed E-state index contributed by atoms with van der Waals surface area (Å²) >= 11 is 0. The number of carbonyl (C=O) groups excluding carboxylic acids is 1. The molecule has 1 saturated heterocycles. The lowest BCUT2D eigenvalue weighted by molar-refractivity contribution is 0.214. The highest BCUT2D eigenvalue weighted by Crippen LogP contribution is 2.40. The van der Waals surface area contributed by atoms with E-state index >= 15 is 0 Å². The number of urea groups is 1. The van der Waals surface area contributed by atoms with E-state index in [4.69, 9.17) is 14.2 Å². The average molecular weight is 468 g/mol. The Bertz CT molecular complexity index is 1040. The van der Waals surface area contributed by atoms with Crippen LogP contribution in [0.4, 0.5) is 10.5 Å². The van der Waals surface area contributed by atoms with Crippen molar-refractivity contribution in [1.82, 2.24) is 19.4 Å². The molecular formula is C20H29N5O6S. The van der Waals surface area contributed by atoms with Crippen molar-refractivity contribution in [2.45, 2.75) is 25.2 Å². The van der Waals surface area contributed by atoms with E-state index in [0.29, 0.717) is 53.8 Å². The Morgan fingerprint density at radius 1 is 1.03 bits per heavy atom. The standard InChI is InChI=1S/C20H29N5O6S/c1-13-19(14(2)23-22-13)32(27,28)25-8-6-7-24(9-10-25)20(26)21-15-11-16(29-3)18(31-5)17(12-15)30-4/h11-12H,6-10H2,1-5H3,(H,21,26)(H,22,23). The van der Waals surface area contributed by atoms with Crippen LogP contribution in [0.5, 0.6) is 17.2 Å². The van der Waals surface area contributed by atoms with Gasteiger partial charge in [0.15, 0.2) is 11.5 Å². The molecular weight excluding hydrogens is 438 g/mol. The fraction of sp³-hybridized carbons (Fsp3) is 0.500. The van der Waals surface area contributed by atoms with Gasteiger partial charge in [-0.15, -0.1) is 0 Å². The molecule has 11 nitrogen and oxygen atoms in total. The number of aryl methyl sites for hydroxylation is 2. The van der Waals surface area contributed by atoms with Crippen molar-refractivity contribution in [2.24, 2.45) is 0 Å². The number of carbonyl (C=O) groups is 1. The molecule has 1 aromatic heterocycles. The molecule has 1 fully saturated rings. The number of aromatic amines is 1. The Morgan fingerprint density at radius 2 is 1.69 bits per heavy atom. The highest BCUT2D eigenvalue weighted by atomic mass is 32.2. The molecule has 1 aliphatic rings. The lowest BCUT2D eigenvalue weighted by Crippen LogP contribution is -2.39. The van der Waals surface area contributed by atoms with Crippen LogP contribution in [-0.2, 0) is 10.0 Å². The number of nitrogens with one attached hydrogen (secondary N) is 2. The van der Waals surface area contributed by atoms with Crippen molar-refractivity contribution in [3.63, 3.8) is 0 Å². The van der Waals surface area contributed by atoms with Gasteiger partial charge in [0.2, 0.25) is 15.8 Å². The fourth-order valence-corrected chi connectivity index (χ4v) is 5.54. The number of H-pyrrole nitrogens is 1. The largest absolute Gasteiger partial charge is 0.493 e. The monoisotopic (exact) mass is 467 g/mol. The molecule has 1 aromatic carbocycles. The molecule has 0 spiro atoms. The highest BCUT2D eigenvalue weighted by molar-refractivity contribution is 7.89. The molecule has 2 aromatic rings. The number of amides is 2. The van der Waals surface area contributed by atoms with E-state index < -0.39 is 10.0 Å². The smallest absolute Gasteiger partial charge is 0.321 e. The van der Waals surface area contributed by atoms with Gasteiger partial charge in [-0.1, -0.05) is 0 Å². The zero-order valence-corrected chi connectivity index (χ0v) is 19.7. The van der Waals surface area contributed by atoms with Gasteiger partial charge in [0.05, 0.1) is 38.4 Å². The predicted molar refractivity (Wildman–Crippen MR) is 118 cm³/mol. The molecule has 1 aliphatic heterocycles. The second kappa shape index (κ2) is 9.65. The van der Waals surface area contributed by atoms with Crippen LogP contribution in [0.25, 0.3) is 0 Å². The minimum atomic E-state index is -3.70. The van der Waals surface area contributed by atoms with Crippen LogP contribution in [-0.4, -0.2) is 81.4 Å². The number of sulfonamides is 1. The van der Waals surface area contributed by atoms with Gasteiger partial charge in [-0.2, -0.15) is 9.40 Å². The van der Waals surface area contributed by atoms with Crippen LogP contribution in [0.15, 0.2) is 17.0 Å². The lowest BCUT2D eigenvalue weighted by Gasteiger charge is -2.23. The van der Waals surface area contributed by atoms with Crippen LogP contribution in [0.2, 0.25) is 0 Å². The number of nitrogens with zero attached hydrogens (tertiary/aromatic N) is 3. The van der Waals surface area contributed by atoms with Crippen LogP contribution < -0.4 is 19.5 Å². The van der Waals surface area contributed by atoms with Crippen LogP contribution >= 0.6 is 0 Å². The first-order valence-electron chi connectivity index (χ1n) is 10.1. The van der Waals surface area contributed by atoms with Gasteiger partial charge in [-0.3, -0.25) is 5.10 Å². The second-order valence-corrected chi connectivity index (χ2v) is 9.23. The Labute approximate surface area is 187 Å². The summed E-state index contributed by atoms with van der Waals surface area (Å²) in [4.78, 5) is 14.7. The zero-order chi connectivity index (χ0) is 23.5. The number of methoxy groups -OCH3 is 3. The molecule has 12 heteroatoms. The van der Waals surface area contributed by atoms with Crippen LogP contribution in [0.1, 0.15) is 17.8 Å². The number of benzene rings is 1. The first kappa shape index (κ1) is 23.7. The van der Waals surface area contributed by atoms with Crippen molar-refractivity contribution in [1.29, 1.82) is 0 Å². The van der Waals surface area contributed by atoms with Gasteiger partial charge in [-0.05, 0) is 20.3 Å². The van der Waals surface area contributed by atoms with Gasteiger partial charge in [0.1, 0.15) is 4.90 Å². The van der Waals surface area contributed by atoms with E-state index in [9.17, 15) is 13.2 Å². The van der Waals surface area contributed by atoms with Gasteiger partial charge < -0.3 is 24.4 Å². The first-order chi connectivity index (χ1) is 15.2. The van der Waals surface area contributed by atoms with Gasteiger partial charge >= 0.3 is 6.03 Å². The second-order valence-electron chi connectivity index (χ2n) is 7.35. The van der Waals surface area contributed by atoms with Gasteiger partial charge in [0.25, 0.3) is 0 Å². The lowest BCUT2D eigenvalue weighted by atomic mass is 10.2. The van der Waals surface area contributed by atoms with Gasteiger partial charge in [0, 0.05) is 38.3 Å². The molecule has 0 unspecified atom stereocenters. The molecule has 32 heavy (non-hydrogen) atoms. The highest BCUT2D eigenvalue weighted by Gasteiger charge is 2.32. The summed E-state index contributed by atoms with van der Waals surface area (Å²) in [5, 5.41) is 9.54. The molecule has 2 amide bonds. The van der Waals surface area contributed by atoms with Crippen molar-refractivity contribution in [3.05, 3.63) is 23.5 Å². The molecule has 0 radical (unpaired) electrons. The van der Waals surface area contributed by atoms with Crippen molar-refractivity contribution in [3.8, 4) is 17.2 Å². The maximum absolute atomic E-state index is 13.1. The van der Waals surface area contributed by atoms with E-state index in [1.54, 1.807) is 30.9 Å². The predicted octanol–water partition coefficient (Wildman–Crippen LogP) is 1.98. The zero-order valence-electron chi connectivity index (χ0n) is 18.9. The Morgan fingerprint density at radius 3 is 2.22 bits per heavy atom. The Hall–Kier alpha value is -2.99. The third-order valence-corrected chi connectivity index (χ3v) is 7.48. The number of anilines is 1. The van der Waals surface area contributed by atoms with Gasteiger partial charge in [-0.25, -0.2) is 13.2 Å². The summed E-state index contributed by atoms with van der Waals surface area (Å²) in [6.07, 6.45) is 0.512. The molecule has 0 atom stereocenters. The van der Waals surface area contributed by atoms with E-state index in [1.807, 2.05) is 0 Å². The van der Waals surface area contributed by atoms with E-state index in [2.05, 4.69) is 15.5 Å². The summed E-state index contributed by atoms with van der Waals surface area (Å²) in [6, 6.07) is 2.94. The normalized spacial score (nSPS) is 15.2. The molecule has 0 bridgehead atoms. The van der Waals surface area contributed by atoms with E-state index in [1.165, 1.54) is 25.6 Å². The van der Waals surface area contributed by atoms with Crippen molar-refractivity contribution >= 4 is 21.7 Å². The van der Waals surface area contributed by atoms with Crippen LogP contribution in [0, 0.1) is 13.8 Å².